The Morgan fingerprint density at radius 1 is 1.45 bits per heavy atom. The zero-order valence-corrected chi connectivity index (χ0v) is 7.45. The van der Waals surface area contributed by atoms with Gasteiger partial charge in [-0.3, -0.25) is 0 Å². The summed E-state index contributed by atoms with van der Waals surface area (Å²) < 4.78 is 2.34. The van der Waals surface area contributed by atoms with E-state index in [1.54, 1.807) is 0 Å². The molecule has 0 aromatic heterocycles. The van der Waals surface area contributed by atoms with Gasteiger partial charge in [0.05, 0.1) is 0 Å². The van der Waals surface area contributed by atoms with Gasteiger partial charge in [0.15, 0.2) is 6.21 Å². The fourth-order valence-electron chi connectivity index (χ4n) is 1.25. The highest BCUT2D eigenvalue weighted by Crippen LogP contribution is 1.95. The summed E-state index contributed by atoms with van der Waals surface area (Å²) in [5.74, 6) is 0. The fraction of sp³-hybridized carbons (Fsp3) is 0.667. The topological polar surface area (TPSA) is 6.25 Å². The van der Waals surface area contributed by atoms with Gasteiger partial charge >= 0.3 is 0 Å². The van der Waals surface area contributed by atoms with Gasteiger partial charge in [-0.15, -0.1) is 0 Å². The summed E-state index contributed by atoms with van der Waals surface area (Å²) >= 11 is 0. The second-order valence-electron chi connectivity index (χ2n) is 2.85. The lowest BCUT2D eigenvalue weighted by Crippen LogP contribution is -2.31. The molecule has 1 rings (SSSR count). The third-order valence-electron chi connectivity index (χ3n) is 1.87. The molecule has 0 fully saturated rings. The van der Waals surface area contributed by atoms with Gasteiger partial charge in [-0.1, -0.05) is 6.92 Å². The van der Waals surface area contributed by atoms with Gasteiger partial charge in [0.1, 0.15) is 6.54 Å². The Morgan fingerprint density at radius 2 is 2.27 bits per heavy atom. The van der Waals surface area contributed by atoms with Crippen LogP contribution in [0, 0.1) is 0 Å². The highest BCUT2D eigenvalue weighted by Gasteiger charge is 2.08. The predicted molar refractivity (Wildman–Crippen MR) is 47.9 cm³/mol. The Bertz CT molecular complexity index is 170. The molecule has 0 unspecified atom stereocenters. The second-order valence-corrected chi connectivity index (χ2v) is 2.85. The van der Waals surface area contributed by atoms with Crippen molar-refractivity contribution in [3.63, 3.8) is 0 Å². The van der Waals surface area contributed by atoms with Crippen molar-refractivity contribution in [1.29, 1.82) is 0 Å². The molecule has 0 aliphatic carbocycles. The lowest BCUT2D eigenvalue weighted by molar-refractivity contribution is -0.543. The number of rotatable bonds is 3. The maximum atomic E-state index is 2.34. The first-order valence-corrected chi connectivity index (χ1v) is 4.36. The van der Waals surface area contributed by atoms with Crippen molar-refractivity contribution in [3.05, 3.63) is 12.3 Å². The fourth-order valence-corrected chi connectivity index (χ4v) is 1.25. The zero-order chi connectivity index (χ0) is 8.10. The molecule has 0 aromatic carbocycles. The third kappa shape index (κ3) is 2.37. The molecule has 2 nitrogen and oxygen atoms in total. The van der Waals surface area contributed by atoms with Crippen LogP contribution in [0.3, 0.4) is 0 Å². The summed E-state index contributed by atoms with van der Waals surface area (Å²) in [6.07, 6.45) is 7.65. The second kappa shape index (κ2) is 4.16. The summed E-state index contributed by atoms with van der Waals surface area (Å²) in [5, 5.41) is 0. The Hall–Kier alpha value is -0.790. The van der Waals surface area contributed by atoms with Crippen LogP contribution in [-0.4, -0.2) is 35.4 Å². The lowest BCUT2D eigenvalue weighted by atomic mass is 10.4. The van der Waals surface area contributed by atoms with Crippen molar-refractivity contribution in [1.82, 2.24) is 4.90 Å². The van der Waals surface area contributed by atoms with Crippen LogP contribution >= 0.6 is 0 Å². The summed E-state index contributed by atoms with van der Waals surface area (Å²) in [6.45, 7) is 7.72. The SMILES string of the molecule is CCC[N+]1=CC=CN(CC)C1. The van der Waals surface area contributed by atoms with Gasteiger partial charge in [-0.05, 0) is 6.92 Å². The first-order chi connectivity index (χ1) is 5.36. The van der Waals surface area contributed by atoms with Crippen molar-refractivity contribution >= 4 is 6.21 Å². The smallest absolute Gasteiger partial charge is 0.218 e. The minimum absolute atomic E-state index is 1.06. The molecule has 2 heteroatoms. The Labute approximate surface area is 68.8 Å². The van der Waals surface area contributed by atoms with E-state index < -0.39 is 0 Å². The molecule has 0 bridgehead atoms. The normalized spacial score (nSPS) is 16.9. The van der Waals surface area contributed by atoms with Crippen molar-refractivity contribution in [3.8, 4) is 0 Å². The Balaban J connectivity index is 2.43. The largest absolute Gasteiger partial charge is 0.324 e. The van der Waals surface area contributed by atoms with E-state index in [1.165, 1.54) is 13.0 Å². The van der Waals surface area contributed by atoms with Gasteiger partial charge in [-0.2, -0.15) is 0 Å². The molecular weight excluding hydrogens is 136 g/mol. The van der Waals surface area contributed by atoms with E-state index in [1.807, 2.05) is 0 Å². The van der Waals surface area contributed by atoms with Crippen molar-refractivity contribution in [2.75, 3.05) is 19.8 Å². The maximum Gasteiger partial charge on any atom is 0.218 e. The average Bonchev–Trinajstić information content (AvgIpc) is 2.06. The first kappa shape index (κ1) is 8.31. The van der Waals surface area contributed by atoms with Crippen molar-refractivity contribution in [2.24, 2.45) is 0 Å². The Kier molecular flexibility index (Phi) is 3.14. The molecule has 0 atom stereocenters. The minimum atomic E-state index is 1.06. The molecule has 0 N–H and O–H groups in total. The Morgan fingerprint density at radius 3 is 2.91 bits per heavy atom. The van der Waals surface area contributed by atoms with Gasteiger partial charge in [0, 0.05) is 25.2 Å². The van der Waals surface area contributed by atoms with Crippen molar-refractivity contribution in [2.45, 2.75) is 20.3 Å². The van der Waals surface area contributed by atoms with Crippen molar-refractivity contribution < 1.29 is 4.58 Å². The molecular formula is C9H17N2+. The number of hydrogen-bond donors (Lipinski definition) is 0. The van der Waals surface area contributed by atoms with Crippen LogP contribution in [0.1, 0.15) is 20.3 Å². The standard InChI is InChI=1S/C9H17N2/c1-3-6-11-8-5-7-10(4-2)9-11/h5,7-8H,3-4,6,9H2,1-2H3/q+1. The van der Waals surface area contributed by atoms with Crippen LogP contribution in [0.25, 0.3) is 0 Å². The van der Waals surface area contributed by atoms with E-state index >= 15 is 0 Å². The molecule has 1 aliphatic heterocycles. The number of nitrogens with zero attached hydrogens (tertiary/aromatic N) is 2. The molecule has 0 saturated heterocycles. The van der Waals surface area contributed by atoms with E-state index in [-0.39, 0.29) is 0 Å². The van der Waals surface area contributed by atoms with E-state index in [4.69, 9.17) is 0 Å². The van der Waals surface area contributed by atoms with E-state index in [2.05, 4.69) is 41.8 Å². The highest BCUT2D eigenvalue weighted by molar-refractivity contribution is 5.66. The molecule has 0 saturated carbocycles. The van der Waals surface area contributed by atoms with Gasteiger partial charge < -0.3 is 4.90 Å². The van der Waals surface area contributed by atoms with E-state index in [0.717, 1.165) is 13.2 Å². The van der Waals surface area contributed by atoms with Crippen LogP contribution < -0.4 is 0 Å². The van der Waals surface area contributed by atoms with E-state index in [9.17, 15) is 0 Å². The van der Waals surface area contributed by atoms with Crippen LogP contribution in [0.2, 0.25) is 0 Å². The predicted octanol–water partition coefficient (Wildman–Crippen LogP) is 1.29. The van der Waals surface area contributed by atoms with Crippen LogP contribution in [0.5, 0.6) is 0 Å². The summed E-state index contributed by atoms with van der Waals surface area (Å²) in [7, 11) is 0. The third-order valence-corrected chi connectivity index (χ3v) is 1.87. The van der Waals surface area contributed by atoms with Crippen LogP contribution in [0.4, 0.5) is 0 Å². The number of hydrogen-bond acceptors (Lipinski definition) is 1. The lowest BCUT2D eigenvalue weighted by Gasteiger charge is -2.18. The molecule has 1 heterocycles. The molecule has 62 valence electrons. The van der Waals surface area contributed by atoms with E-state index in [0.29, 0.717) is 0 Å². The van der Waals surface area contributed by atoms with Gasteiger partial charge in [-0.25, -0.2) is 4.58 Å². The summed E-state index contributed by atoms with van der Waals surface area (Å²) in [5.41, 5.74) is 0. The van der Waals surface area contributed by atoms with Gasteiger partial charge in [0.25, 0.3) is 0 Å². The average molecular weight is 153 g/mol. The summed E-state index contributed by atoms with van der Waals surface area (Å²) in [4.78, 5) is 2.30. The highest BCUT2D eigenvalue weighted by atomic mass is 15.2. The zero-order valence-electron chi connectivity index (χ0n) is 7.45. The van der Waals surface area contributed by atoms with Crippen LogP contribution in [0.15, 0.2) is 12.3 Å². The van der Waals surface area contributed by atoms with Crippen LogP contribution in [-0.2, 0) is 0 Å². The minimum Gasteiger partial charge on any atom is -0.324 e. The molecule has 0 aromatic rings. The van der Waals surface area contributed by atoms with Gasteiger partial charge in [0.2, 0.25) is 6.67 Å². The monoisotopic (exact) mass is 153 g/mol. The summed E-state index contributed by atoms with van der Waals surface area (Å²) in [6, 6.07) is 0. The molecule has 0 spiro atoms. The first-order valence-electron chi connectivity index (χ1n) is 4.36. The molecule has 0 radical (unpaired) electrons. The quantitative estimate of drug-likeness (QED) is 0.554. The molecule has 0 amide bonds. The molecule has 11 heavy (non-hydrogen) atoms. The molecule has 1 aliphatic rings. The number of allylic oxidation sites excluding steroid dienone is 1. The maximum absolute atomic E-state index is 2.34.